The summed E-state index contributed by atoms with van der Waals surface area (Å²) < 4.78 is 16.8. The Morgan fingerprint density at radius 2 is 0.514 bits per heavy atom. The summed E-state index contributed by atoms with van der Waals surface area (Å²) in [5.41, 5.74) is 0. The number of hydrogen-bond donors (Lipinski definition) is 0. The van der Waals surface area contributed by atoms with Crippen molar-refractivity contribution in [3.05, 3.63) is 72.9 Å². The molecule has 0 aromatic heterocycles. The predicted octanol–water partition coefficient (Wildman–Crippen LogP) is 21.7. The van der Waals surface area contributed by atoms with Crippen LogP contribution in [0.3, 0.4) is 0 Å². The lowest BCUT2D eigenvalue weighted by Gasteiger charge is -2.18. The molecule has 428 valence electrons. The number of esters is 3. The molecular weight excluding hydrogens is 913 g/mol. The van der Waals surface area contributed by atoms with Gasteiger partial charge in [-0.3, -0.25) is 14.4 Å². The summed E-state index contributed by atoms with van der Waals surface area (Å²) in [5, 5.41) is 0. The molecule has 1 unspecified atom stereocenters. The Hall–Kier alpha value is -3.15. The Balaban J connectivity index is 4.12. The molecule has 0 radical (unpaired) electrons. The molecule has 0 N–H and O–H groups in total. The molecule has 0 fully saturated rings. The molecule has 6 heteroatoms. The predicted molar refractivity (Wildman–Crippen MR) is 321 cm³/mol. The van der Waals surface area contributed by atoms with E-state index >= 15 is 0 Å². The second-order valence-corrected chi connectivity index (χ2v) is 21.3. The van der Waals surface area contributed by atoms with E-state index in [1.807, 2.05) is 0 Å². The van der Waals surface area contributed by atoms with E-state index in [4.69, 9.17) is 14.2 Å². The van der Waals surface area contributed by atoms with Crippen LogP contribution < -0.4 is 0 Å². The van der Waals surface area contributed by atoms with E-state index in [9.17, 15) is 14.4 Å². The fraction of sp³-hybridized carbons (Fsp3) is 0.779. The van der Waals surface area contributed by atoms with Crippen LogP contribution in [-0.2, 0) is 28.6 Å². The van der Waals surface area contributed by atoms with Gasteiger partial charge in [0.2, 0.25) is 0 Å². The third-order valence-electron chi connectivity index (χ3n) is 13.9. The van der Waals surface area contributed by atoms with Gasteiger partial charge in [0.05, 0.1) is 0 Å². The minimum absolute atomic E-state index is 0.0818. The van der Waals surface area contributed by atoms with Crippen molar-refractivity contribution >= 4 is 17.9 Å². The van der Waals surface area contributed by atoms with Crippen LogP contribution in [0.4, 0.5) is 0 Å². The van der Waals surface area contributed by atoms with Crippen LogP contribution in [0.15, 0.2) is 72.9 Å². The van der Waals surface area contributed by atoms with Crippen LogP contribution in [0.5, 0.6) is 0 Å². The smallest absolute Gasteiger partial charge is 0.306 e. The lowest BCUT2D eigenvalue weighted by molar-refractivity contribution is -0.167. The normalized spacial score (nSPS) is 12.5. The van der Waals surface area contributed by atoms with Gasteiger partial charge in [0.25, 0.3) is 0 Å². The standard InChI is InChI=1S/C68H120O6/c1-4-7-10-13-16-19-22-24-26-27-28-29-30-31-32-33-34-35-36-37-38-39-40-41-43-44-46-49-52-55-58-61-67(70)73-64-65(63-72-66(69)60-57-54-51-48-21-18-15-12-9-6-3)74-68(71)62-59-56-53-50-47-45-42-25-23-20-17-14-11-8-5-2/h12,15,17,20,22,24-25,27-28,30-31,42,65H,4-11,13-14,16,18-19,21,23,26,29,32-41,43-64H2,1-3H3/b15-12-,20-17-,24-22-,28-27-,31-30-,42-25-. The first-order valence-electron chi connectivity index (χ1n) is 31.9. The van der Waals surface area contributed by atoms with Gasteiger partial charge in [0.15, 0.2) is 6.10 Å². The Morgan fingerprint density at radius 3 is 0.851 bits per heavy atom. The SMILES string of the molecule is CCC/C=C\CCCCCCCC(=O)OCC(COC(=O)CCCCCCCCCCCCCCCCCC/C=C\C/C=C\C/C=C\CCCCCCC)OC(=O)CCCCCCC/C=C\C/C=C\CCCCC. The summed E-state index contributed by atoms with van der Waals surface area (Å²) in [5.74, 6) is -0.896. The van der Waals surface area contributed by atoms with Crippen LogP contribution in [0.1, 0.15) is 323 Å². The minimum Gasteiger partial charge on any atom is -0.462 e. The van der Waals surface area contributed by atoms with Crippen molar-refractivity contribution in [1.82, 2.24) is 0 Å². The molecule has 0 rings (SSSR count). The molecule has 0 aliphatic heterocycles. The first-order chi connectivity index (χ1) is 36.5. The molecule has 0 saturated carbocycles. The largest absolute Gasteiger partial charge is 0.462 e. The minimum atomic E-state index is -0.785. The highest BCUT2D eigenvalue weighted by Crippen LogP contribution is 2.16. The van der Waals surface area contributed by atoms with Crippen LogP contribution in [-0.4, -0.2) is 37.2 Å². The van der Waals surface area contributed by atoms with Gasteiger partial charge in [-0.2, -0.15) is 0 Å². The summed E-state index contributed by atoms with van der Waals surface area (Å²) in [4.78, 5) is 38.1. The van der Waals surface area contributed by atoms with E-state index in [-0.39, 0.29) is 31.1 Å². The molecule has 0 heterocycles. The Bertz CT molecular complexity index is 1370. The number of unbranched alkanes of at least 4 members (excludes halogenated alkanes) is 35. The average Bonchev–Trinajstić information content (AvgIpc) is 3.40. The highest BCUT2D eigenvalue weighted by Gasteiger charge is 2.19. The van der Waals surface area contributed by atoms with Gasteiger partial charge in [0, 0.05) is 19.3 Å². The number of hydrogen-bond acceptors (Lipinski definition) is 6. The number of carbonyl (C=O) groups excluding carboxylic acids is 3. The zero-order chi connectivity index (χ0) is 53.6. The van der Waals surface area contributed by atoms with Crippen LogP contribution in [0.2, 0.25) is 0 Å². The second-order valence-electron chi connectivity index (χ2n) is 21.3. The molecule has 0 aromatic rings. The second kappa shape index (κ2) is 62.4. The van der Waals surface area contributed by atoms with E-state index in [1.54, 1.807) is 0 Å². The Morgan fingerprint density at radius 1 is 0.270 bits per heavy atom. The molecule has 6 nitrogen and oxygen atoms in total. The van der Waals surface area contributed by atoms with Gasteiger partial charge in [-0.1, -0.05) is 267 Å². The molecule has 0 aliphatic rings. The number of carbonyl (C=O) groups is 3. The van der Waals surface area contributed by atoms with Gasteiger partial charge < -0.3 is 14.2 Å². The summed E-state index contributed by atoms with van der Waals surface area (Å²) >= 11 is 0. The average molecular weight is 1030 g/mol. The monoisotopic (exact) mass is 1030 g/mol. The maximum absolute atomic E-state index is 12.8. The van der Waals surface area contributed by atoms with Crippen LogP contribution in [0.25, 0.3) is 0 Å². The first kappa shape index (κ1) is 70.8. The molecule has 0 aromatic carbocycles. The quantitative estimate of drug-likeness (QED) is 0.0261. The molecular formula is C68H120O6. The van der Waals surface area contributed by atoms with E-state index in [1.165, 1.54) is 173 Å². The molecule has 1 atom stereocenters. The highest BCUT2D eigenvalue weighted by atomic mass is 16.6. The van der Waals surface area contributed by atoms with Gasteiger partial charge in [-0.05, 0) is 109 Å². The van der Waals surface area contributed by atoms with Crippen molar-refractivity contribution in [1.29, 1.82) is 0 Å². The third kappa shape index (κ3) is 59.7. The van der Waals surface area contributed by atoms with E-state index in [0.29, 0.717) is 19.3 Å². The van der Waals surface area contributed by atoms with Crippen molar-refractivity contribution in [2.75, 3.05) is 13.2 Å². The van der Waals surface area contributed by atoms with Crippen molar-refractivity contribution in [2.24, 2.45) is 0 Å². The lowest BCUT2D eigenvalue weighted by Crippen LogP contribution is -2.30. The number of ether oxygens (including phenoxy) is 3. The van der Waals surface area contributed by atoms with Crippen molar-refractivity contribution in [3.63, 3.8) is 0 Å². The van der Waals surface area contributed by atoms with E-state index in [2.05, 4.69) is 93.7 Å². The van der Waals surface area contributed by atoms with Gasteiger partial charge in [-0.15, -0.1) is 0 Å². The molecule has 0 saturated heterocycles. The first-order valence-corrected chi connectivity index (χ1v) is 31.9. The molecule has 0 aliphatic carbocycles. The van der Waals surface area contributed by atoms with Crippen LogP contribution >= 0.6 is 0 Å². The van der Waals surface area contributed by atoms with Crippen LogP contribution in [0, 0.1) is 0 Å². The van der Waals surface area contributed by atoms with Gasteiger partial charge >= 0.3 is 17.9 Å². The number of allylic oxidation sites excluding steroid dienone is 12. The summed E-state index contributed by atoms with van der Waals surface area (Å²) in [6.45, 7) is 6.55. The third-order valence-corrected chi connectivity index (χ3v) is 13.9. The fourth-order valence-corrected chi connectivity index (χ4v) is 9.07. The lowest BCUT2D eigenvalue weighted by atomic mass is 10.0. The van der Waals surface area contributed by atoms with Crippen molar-refractivity contribution in [2.45, 2.75) is 329 Å². The summed E-state index contributed by atoms with van der Waals surface area (Å²) in [6.07, 6.45) is 80.7. The molecule has 0 bridgehead atoms. The zero-order valence-electron chi connectivity index (χ0n) is 49.1. The topological polar surface area (TPSA) is 78.9 Å². The maximum atomic E-state index is 12.8. The van der Waals surface area contributed by atoms with E-state index < -0.39 is 6.10 Å². The molecule has 0 spiro atoms. The van der Waals surface area contributed by atoms with E-state index in [0.717, 1.165) is 109 Å². The van der Waals surface area contributed by atoms with Crippen molar-refractivity contribution in [3.8, 4) is 0 Å². The number of rotatable bonds is 58. The molecule has 0 amide bonds. The maximum Gasteiger partial charge on any atom is 0.306 e. The fourth-order valence-electron chi connectivity index (χ4n) is 9.07. The van der Waals surface area contributed by atoms with Crippen molar-refractivity contribution < 1.29 is 28.6 Å². The van der Waals surface area contributed by atoms with Gasteiger partial charge in [0.1, 0.15) is 13.2 Å². The summed E-state index contributed by atoms with van der Waals surface area (Å²) in [7, 11) is 0. The highest BCUT2D eigenvalue weighted by molar-refractivity contribution is 5.71. The van der Waals surface area contributed by atoms with Gasteiger partial charge in [-0.25, -0.2) is 0 Å². The summed E-state index contributed by atoms with van der Waals surface area (Å²) in [6, 6.07) is 0. The molecule has 74 heavy (non-hydrogen) atoms. The Labute approximate surface area is 459 Å². The zero-order valence-corrected chi connectivity index (χ0v) is 49.1. The Kier molecular flexibility index (Phi) is 59.7.